The van der Waals surface area contributed by atoms with Crippen LogP contribution in [0.2, 0.25) is 0 Å². The number of hydrogen-bond donors (Lipinski definition) is 2. The maximum atomic E-state index is 13.3. The summed E-state index contributed by atoms with van der Waals surface area (Å²) in [6.07, 6.45) is -2.31. The largest absolute Gasteiger partial charge is 0.493 e. The number of nitrogen functional groups attached to an aromatic ring is 1. The van der Waals surface area contributed by atoms with Crippen molar-refractivity contribution in [2.75, 3.05) is 37.9 Å². The molecule has 1 aromatic carbocycles. The van der Waals surface area contributed by atoms with Gasteiger partial charge in [0.05, 0.1) is 29.9 Å². The van der Waals surface area contributed by atoms with E-state index in [0.717, 1.165) is 38.1 Å². The first-order chi connectivity index (χ1) is 17.1. The van der Waals surface area contributed by atoms with E-state index in [1.54, 1.807) is 27.0 Å². The van der Waals surface area contributed by atoms with Crippen LogP contribution in [0.25, 0.3) is 10.9 Å². The van der Waals surface area contributed by atoms with Crippen molar-refractivity contribution in [2.45, 2.75) is 51.9 Å². The van der Waals surface area contributed by atoms with Crippen molar-refractivity contribution in [2.24, 2.45) is 0 Å². The molecule has 11 heteroatoms. The number of methoxy groups -OCH3 is 1. The molecule has 36 heavy (non-hydrogen) atoms. The maximum absolute atomic E-state index is 13.3. The summed E-state index contributed by atoms with van der Waals surface area (Å²) in [6.45, 7) is 8.13. The topological polar surface area (TPSA) is 98.4 Å². The van der Waals surface area contributed by atoms with Crippen molar-refractivity contribution in [1.29, 1.82) is 0 Å². The van der Waals surface area contributed by atoms with Gasteiger partial charge in [0.25, 0.3) is 0 Å². The fourth-order valence-corrected chi connectivity index (χ4v) is 4.56. The van der Waals surface area contributed by atoms with Gasteiger partial charge >= 0.3 is 6.18 Å². The second kappa shape index (κ2) is 10.3. The van der Waals surface area contributed by atoms with Crippen molar-refractivity contribution in [3.63, 3.8) is 0 Å². The zero-order valence-corrected chi connectivity index (χ0v) is 20.8. The molecule has 1 saturated heterocycles. The van der Waals surface area contributed by atoms with Gasteiger partial charge in [0.15, 0.2) is 11.5 Å². The van der Waals surface area contributed by atoms with Gasteiger partial charge in [-0.05, 0) is 58.0 Å². The van der Waals surface area contributed by atoms with Crippen molar-refractivity contribution in [3.05, 3.63) is 41.3 Å². The Labute approximate surface area is 208 Å². The first-order valence-corrected chi connectivity index (χ1v) is 11.9. The second-order valence-electron chi connectivity index (χ2n) is 8.94. The lowest BCUT2D eigenvalue weighted by molar-refractivity contribution is -0.137. The Morgan fingerprint density at radius 1 is 1.17 bits per heavy atom. The predicted molar refractivity (Wildman–Crippen MR) is 132 cm³/mol. The van der Waals surface area contributed by atoms with Gasteiger partial charge in [-0.2, -0.15) is 13.2 Å². The molecule has 3 N–H and O–H groups in total. The lowest BCUT2D eigenvalue weighted by Gasteiger charge is -2.23. The van der Waals surface area contributed by atoms with Gasteiger partial charge < -0.3 is 20.5 Å². The third kappa shape index (κ3) is 5.56. The SMILES string of the molecule is CCN1CCC[C@H]1COc1cc2c(N[C@H](C)c3cc(C(F)(F)F)cc(N)n3)nc(C)nc2cc1OC. The molecule has 1 aliphatic heterocycles. The molecule has 3 heterocycles. The molecule has 0 saturated carbocycles. The third-order valence-corrected chi connectivity index (χ3v) is 6.42. The van der Waals surface area contributed by atoms with Crippen LogP contribution in [0.4, 0.5) is 24.8 Å². The Balaban J connectivity index is 1.66. The highest BCUT2D eigenvalue weighted by Gasteiger charge is 2.32. The van der Waals surface area contributed by atoms with Crippen LogP contribution in [0, 0.1) is 6.92 Å². The summed E-state index contributed by atoms with van der Waals surface area (Å²) in [5.74, 6) is 1.84. The molecule has 0 spiro atoms. The zero-order chi connectivity index (χ0) is 26.0. The molecule has 2 atom stereocenters. The number of rotatable bonds is 8. The van der Waals surface area contributed by atoms with Crippen molar-refractivity contribution >= 4 is 22.5 Å². The summed E-state index contributed by atoms with van der Waals surface area (Å²) < 4.78 is 51.6. The number of hydrogen-bond acceptors (Lipinski definition) is 8. The van der Waals surface area contributed by atoms with Gasteiger partial charge in [0.1, 0.15) is 24.1 Å². The van der Waals surface area contributed by atoms with Crippen LogP contribution in [0.5, 0.6) is 11.5 Å². The lowest BCUT2D eigenvalue weighted by atomic mass is 10.1. The van der Waals surface area contributed by atoms with Gasteiger partial charge in [0.2, 0.25) is 0 Å². The summed E-state index contributed by atoms with van der Waals surface area (Å²) in [7, 11) is 1.57. The minimum Gasteiger partial charge on any atom is -0.493 e. The van der Waals surface area contributed by atoms with Crippen molar-refractivity contribution < 1.29 is 22.6 Å². The van der Waals surface area contributed by atoms with E-state index in [4.69, 9.17) is 15.2 Å². The maximum Gasteiger partial charge on any atom is 0.416 e. The Morgan fingerprint density at radius 2 is 1.94 bits per heavy atom. The normalized spacial score (nSPS) is 17.4. The van der Waals surface area contributed by atoms with E-state index in [-0.39, 0.29) is 11.5 Å². The Bertz CT molecular complexity index is 1240. The number of benzene rings is 1. The summed E-state index contributed by atoms with van der Waals surface area (Å²) in [6, 6.07) is 5.11. The van der Waals surface area contributed by atoms with Crippen LogP contribution in [0.1, 0.15) is 49.8 Å². The van der Waals surface area contributed by atoms with Gasteiger partial charge in [-0.25, -0.2) is 15.0 Å². The molecule has 0 aliphatic carbocycles. The monoisotopic (exact) mass is 504 g/mol. The van der Waals surface area contributed by atoms with E-state index in [1.165, 1.54) is 0 Å². The number of halogens is 3. The molecule has 1 fully saturated rings. The smallest absolute Gasteiger partial charge is 0.416 e. The van der Waals surface area contributed by atoms with E-state index in [2.05, 4.69) is 32.1 Å². The first kappa shape index (κ1) is 25.7. The fraction of sp³-hybridized carbons (Fsp3) is 0.480. The molecule has 2 aromatic heterocycles. The number of ether oxygens (including phenoxy) is 2. The van der Waals surface area contributed by atoms with Crippen molar-refractivity contribution in [1.82, 2.24) is 19.9 Å². The summed E-state index contributed by atoms with van der Waals surface area (Å²) in [4.78, 5) is 15.5. The highest BCUT2D eigenvalue weighted by molar-refractivity contribution is 5.92. The number of aromatic nitrogens is 3. The number of nitrogens with zero attached hydrogens (tertiary/aromatic N) is 4. The molecule has 194 valence electrons. The summed E-state index contributed by atoms with van der Waals surface area (Å²) in [5, 5.41) is 3.84. The molecule has 0 radical (unpaired) electrons. The molecule has 4 rings (SSSR count). The van der Waals surface area contributed by atoms with E-state index < -0.39 is 17.8 Å². The first-order valence-electron chi connectivity index (χ1n) is 11.9. The standard InChI is InChI=1S/C25H31F3N6O2/c1-5-34-8-6-7-17(34)13-36-22-11-18-20(12-21(22)35-4)31-15(3)32-24(18)30-14(2)19-9-16(25(26,27)28)10-23(29)33-19/h9-12,14,17H,5-8,13H2,1-4H3,(H2,29,33)(H,30,31,32)/t14-,17+/m1/s1. The van der Waals surface area contributed by atoms with Crippen LogP contribution in [0.15, 0.2) is 24.3 Å². The minimum absolute atomic E-state index is 0.151. The van der Waals surface area contributed by atoms with E-state index in [9.17, 15) is 13.2 Å². The number of likely N-dealkylation sites (tertiary alicyclic amines) is 1. The summed E-state index contributed by atoms with van der Waals surface area (Å²) >= 11 is 0. The van der Waals surface area contributed by atoms with Gasteiger partial charge in [-0.3, -0.25) is 4.90 Å². The number of pyridine rings is 1. The average Bonchev–Trinajstić information content (AvgIpc) is 3.28. The minimum atomic E-state index is -4.53. The van der Waals surface area contributed by atoms with Crippen LogP contribution < -0.4 is 20.5 Å². The second-order valence-corrected chi connectivity index (χ2v) is 8.94. The molecule has 8 nitrogen and oxygen atoms in total. The van der Waals surface area contributed by atoms with E-state index >= 15 is 0 Å². The van der Waals surface area contributed by atoms with E-state index in [0.29, 0.717) is 46.7 Å². The number of likely N-dealkylation sites (N-methyl/N-ethyl adjacent to an activating group) is 1. The number of fused-ring (bicyclic) bond motifs is 1. The highest BCUT2D eigenvalue weighted by Crippen LogP contribution is 2.36. The zero-order valence-electron chi connectivity index (χ0n) is 20.8. The number of aryl methyl sites for hydroxylation is 1. The molecule has 0 amide bonds. The van der Waals surface area contributed by atoms with Gasteiger partial charge in [-0.1, -0.05) is 6.92 Å². The van der Waals surface area contributed by atoms with Crippen molar-refractivity contribution in [3.8, 4) is 11.5 Å². The van der Waals surface area contributed by atoms with Gasteiger partial charge in [-0.15, -0.1) is 0 Å². The quantitative estimate of drug-likeness (QED) is 0.443. The predicted octanol–water partition coefficient (Wildman–Crippen LogP) is 4.98. The number of alkyl halides is 3. The molecule has 1 aliphatic rings. The molecule has 3 aromatic rings. The van der Waals surface area contributed by atoms with E-state index in [1.807, 2.05) is 6.07 Å². The van der Waals surface area contributed by atoms with Crippen LogP contribution >= 0.6 is 0 Å². The average molecular weight is 505 g/mol. The summed E-state index contributed by atoms with van der Waals surface area (Å²) in [5.41, 5.74) is 5.58. The Hall–Kier alpha value is -3.34. The van der Waals surface area contributed by atoms with Crippen LogP contribution in [0.3, 0.4) is 0 Å². The number of nitrogens with one attached hydrogen (secondary N) is 1. The van der Waals surface area contributed by atoms with Crippen LogP contribution in [-0.4, -0.2) is 52.7 Å². The molecular weight excluding hydrogens is 473 g/mol. The Kier molecular flexibility index (Phi) is 7.39. The van der Waals surface area contributed by atoms with Gasteiger partial charge in [0, 0.05) is 17.5 Å². The molecule has 0 bridgehead atoms. The number of nitrogens with two attached hydrogens (primary N) is 1. The Morgan fingerprint density at radius 3 is 2.64 bits per heavy atom. The highest BCUT2D eigenvalue weighted by atomic mass is 19.4. The molecule has 0 unspecified atom stereocenters. The lowest BCUT2D eigenvalue weighted by Crippen LogP contribution is -2.33. The number of anilines is 2. The fourth-order valence-electron chi connectivity index (χ4n) is 4.56. The van der Waals surface area contributed by atoms with Crippen LogP contribution in [-0.2, 0) is 6.18 Å². The third-order valence-electron chi connectivity index (χ3n) is 6.42. The molecular formula is C25H31F3N6O2.